The Morgan fingerprint density at radius 2 is 1.79 bits per heavy atom. The summed E-state index contributed by atoms with van der Waals surface area (Å²) in [5, 5.41) is 3.54. The second-order valence-electron chi connectivity index (χ2n) is 4.59. The highest BCUT2D eigenvalue weighted by Crippen LogP contribution is 2.26. The van der Waals surface area contributed by atoms with Crippen molar-refractivity contribution >= 4 is 64.1 Å². The van der Waals surface area contributed by atoms with Gasteiger partial charge in [-0.3, -0.25) is 4.79 Å². The summed E-state index contributed by atoms with van der Waals surface area (Å²) in [5.41, 5.74) is 0.546. The highest BCUT2D eigenvalue weighted by atomic mass is 35.5. The molecule has 2 aromatic carbocycles. The number of amides is 1. The van der Waals surface area contributed by atoms with Crippen molar-refractivity contribution in [3.05, 3.63) is 57.0 Å². The zero-order valence-corrected chi connectivity index (χ0v) is 15.5. The van der Waals surface area contributed by atoms with E-state index in [4.69, 9.17) is 39.5 Å². The van der Waals surface area contributed by atoms with E-state index in [1.54, 1.807) is 30.3 Å². The Morgan fingerprint density at radius 3 is 2.50 bits per heavy atom. The number of anilines is 1. The van der Waals surface area contributed by atoms with Gasteiger partial charge in [-0.25, -0.2) is 4.79 Å². The van der Waals surface area contributed by atoms with E-state index >= 15 is 0 Å². The van der Waals surface area contributed by atoms with Crippen LogP contribution in [0.5, 0.6) is 0 Å². The Hall–Kier alpha value is -1.40. The first kappa shape index (κ1) is 18.9. The molecular formula is C16H12Cl3NO3S. The summed E-state index contributed by atoms with van der Waals surface area (Å²) in [4.78, 5) is 24.8. The fourth-order valence-corrected chi connectivity index (χ4v) is 2.75. The van der Waals surface area contributed by atoms with E-state index in [2.05, 4.69) is 5.32 Å². The maximum atomic E-state index is 12.1. The number of thioether (sulfide) groups is 1. The lowest BCUT2D eigenvalue weighted by atomic mass is 10.2. The van der Waals surface area contributed by atoms with Gasteiger partial charge in [0.2, 0.25) is 0 Å². The van der Waals surface area contributed by atoms with E-state index in [0.29, 0.717) is 15.7 Å². The second kappa shape index (κ2) is 8.62. The Balaban J connectivity index is 1.99. The van der Waals surface area contributed by atoms with Crippen LogP contribution in [0.15, 0.2) is 41.3 Å². The Labute approximate surface area is 158 Å². The van der Waals surface area contributed by atoms with Gasteiger partial charge in [-0.2, -0.15) is 0 Å². The number of carbonyl (C=O) groups excluding carboxylic acids is 2. The molecule has 0 heterocycles. The topological polar surface area (TPSA) is 55.4 Å². The van der Waals surface area contributed by atoms with Crippen LogP contribution in [0.1, 0.15) is 10.4 Å². The third-order valence-electron chi connectivity index (χ3n) is 2.93. The van der Waals surface area contributed by atoms with E-state index in [-0.39, 0.29) is 10.6 Å². The lowest BCUT2D eigenvalue weighted by Gasteiger charge is -2.09. The second-order valence-corrected chi connectivity index (χ2v) is 6.72. The van der Waals surface area contributed by atoms with Crippen molar-refractivity contribution in [3.8, 4) is 0 Å². The number of halogens is 3. The van der Waals surface area contributed by atoms with Crippen molar-refractivity contribution in [3.63, 3.8) is 0 Å². The van der Waals surface area contributed by atoms with Gasteiger partial charge >= 0.3 is 5.97 Å². The van der Waals surface area contributed by atoms with E-state index < -0.39 is 18.5 Å². The van der Waals surface area contributed by atoms with Crippen molar-refractivity contribution in [2.45, 2.75) is 4.90 Å². The Bertz CT molecular complexity index is 783. The molecule has 0 aliphatic rings. The van der Waals surface area contributed by atoms with E-state index in [1.807, 2.05) is 6.26 Å². The van der Waals surface area contributed by atoms with E-state index in [1.165, 1.54) is 17.8 Å². The van der Waals surface area contributed by atoms with Crippen LogP contribution in [0.2, 0.25) is 15.1 Å². The number of rotatable bonds is 5. The maximum absolute atomic E-state index is 12.1. The smallest absolute Gasteiger partial charge is 0.340 e. The highest BCUT2D eigenvalue weighted by Gasteiger charge is 2.15. The van der Waals surface area contributed by atoms with Crippen molar-refractivity contribution in [1.29, 1.82) is 0 Å². The van der Waals surface area contributed by atoms with E-state index in [9.17, 15) is 9.59 Å². The first-order chi connectivity index (χ1) is 11.4. The van der Waals surface area contributed by atoms with Crippen LogP contribution in [0.3, 0.4) is 0 Å². The molecule has 0 aliphatic heterocycles. The number of carbonyl (C=O) groups is 2. The first-order valence-corrected chi connectivity index (χ1v) is 9.02. The molecule has 8 heteroatoms. The van der Waals surface area contributed by atoms with Crippen LogP contribution in [-0.4, -0.2) is 24.7 Å². The van der Waals surface area contributed by atoms with Crippen LogP contribution in [-0.2, 0) is 9.53 Å². The molecule has 24 heavy (non-hydrogen) atoms. The molecule has 0 unspecified atom stereocenters. The molecule has 0 bridgehead atoms. The third-order valence-corrected chi connectivity index (χ3v) is 4.55. The average Bonchev–Trinajstić information content (AvgIpc) is 2.56. The number of ether oxygens (including phenoxy) is 1. The molecule has 4 nitrogen and oxygen atoms in total. The number of hydrogen-bond acceptors (Lipinski definition) is 4. The van der Waals surface area contributed by atoms with Crippen LogP contribution in [0, 0.1) is 0 Å². The van der Waals surface area contributed by atoms with Gasteiger partial charge in [0, 0.05) is 9.92 Å². The number of nitrogens with one attached hydrogen (secondary N) is 1. The third kappa shape index (κ3) is 5.05. The van der Waals surface area contributed by atoms with Crippen LogP contribution < -0.4 is 5.32 Å². The number of esters is 1. The zero-order valence-electron chi connectivity index (χ0n) is 12.4. The summed E-state index contributed by atoms with van der Waals surface area (Å²) in [5.74, 6) is -1.21. The quantitative estimate of drug-likeness (QED) is 0.552. The monoisotopic (exact) mass is 403 g/mol. The average molecular weight is 405 g/mol. The molecule has 0 spiro atoms. The van der Waals surface area contributed by atoms with Crippen molar-refractivity contribution < 1.29 is 14.3 Å². The van der Waals surface area contributed by atoms with Gasteiger partial charge in [-0.15, -0.1) is 11.8 Å². The van der Waals surface area contributed by atoms with Gasteiger partial charge < -0.3 is 10.1 Å². The van der Waals surface area contributed by atoms with Crippen LogP contribution in [0.4, 0.5) is 5.69 Å². The molecule has 0 atom stereocenters. The highest BCUT2D eigenvalue weighted by molar-refractivity contribution is 7.98. The molecule has 126 valence electrons. The molecule has 0 aromatic heterocycles. The summed E-state index contributed by atoms with van der Waals surface area (Å²) < 4.78 is 4.99. The van der Waals surface area contributed by atoms with Gasteiger partial charge in [0.1, 0.15) is 0 Å². The van der Waals surface area contributed by atoms with Gasteiger partial charge in [0.05, 0.1) is 21.3 Å². The lowest BCUT2D eigenvalue weighted by molar-refractivity contribution is -0.119. The minimum Gasteiger partial charge on any atom is -0.452 e. The molecule has 2 rings (SSSR count). The normalized spacial score (nSPS) is 10.3. The Kier molecular flexibility index (Phi) is 6.80. The van der Waals surface area contributed by atoms with Crippen LogP contribution in [0.25, 0.3) is 0 Å². The molecule has 0 radical (unpaired) electrons. The predicted octanol–water partition coefficient (Wildman–Crippen LogP) is 5.16. The SMILES string of the molecule is CSc1ccc(Cl)c(C(=O)OCC(=O)Nc2cc(Cl)ccc2Cl)c1. The summed E-state index contributed by atoms with van der Waals surface area (Å²) in [6.45, 7) is -0.471. The predicted molar refractivity (Wildman–Crippen MR) is 98.6 cm³/mol. The fraction of sp³-hybridized carbons (Fsp3) is 0.125. The largest absolute Gasteiger partial charge is 0.452 e. The van der Waals surface area contributed by atoms with Crippen molar-refractivity contribution in [2.75, 3.05) is 18.2 Å². The number of hydrogen-bond donors (Lipinski definition) is 1. The van der Waals surface area contributed by atoms with Crippen molar-refractivity contribution in [1.82, 2.24) is 0 Å². The molecular weight excluding hydrogens is 393 g/mol. The van der Waals surface area contributed by atoms with Gasteiger partial charge in [-0.05, 0) is 42.7 Å². The zero-order chi connectivity index (χ0) is 17.7. The Morgan fingerprint density at radius 1 is 1.08 bits per heavy atom. The van der Waals surface area contributed by atoms with Crippen LogP contribution >= 0.6 is 46.6 Å². The minimum atomic E-state index is -0.678. The molecule has 0 saturated carbocycles. The van der Waals surface area contributed by atoms with Gasteiger partial charge in [0.15, 0.2) is 6.61 Å². The van der Waals surface area contributed by atoms with Gasteiger partial charge in [0.25, 0.3) is 5.91 Å². The summed E-state index contributed by atoms with van der Waals surface area (Å²) in [6.07, 6.45) is 1.88. The van der Waals surface area contributed by atoms with E-state index in [0.717, 1.165) is 4.90 Å². The molecule has 1 amide bonds. The summed E-state index contributed by atoms with van der Waals surface area (Å²) in [6, 6.07) is 9.66. The van der Waals surface area contributed by atoms with Crippen molar-refractivity contribution in [2.24, 2.45) is 0 Å². The molecule has 2 aromatic rings. The molecule has 0 saturated heterocycles. The summed E-state index contributed by atoms with van der Waals surface area (Å²) >= 11 is 19.2. The maximum Gasteiger partial charge on any atom is 0.340 e. The number of benzene rings is 2. The molecule has 1 N–H and O–H groups in total. The molecule has 0 fully saturated rings. The lowest BCUT2D eigenvalue weighted by Crippen LogP contribution is -2.21. The fourth-order valence-electron chi connectivity index (χ4n) is 1.78. The minimum absolute atomic E-state index is 0.206. The standard InChI is InChI=1S/C16H12Cl3NO3S/c1-24-10-3-5-12(18)11(7-10)16(22)23-8-15(21)20-14-6-9(17)2-4-13(14)19/h2-7H,8H2,1H3,(H,20,21). The first-order valence-electron chi connectivity index (χ1n) is 6.66. The molecule has 0 aliphatic carbocycles. The summed E-state index contributed by atoms with van der Waals surface area (Å²) in [7, 11) is 0. The van der Waals surface area contributed by atoms with Gasteiger partial charge in [-0.1, -0.05) is 34.8 Å².